The standard InChI is InChI=1S/C11H5Br2Cl2N3O/c12-5-1-2-7(13)8(3-5)16-11(19)6-4-9(14)17-18-10(6)15/h1-4H,(H,16,19). The van der Waals surface area contributed by atoms with Crippen LogP contribution in [0.5, 0.6) is 0 Å². The first kappa shape index (κ1) is 14.7. The molecule has 0 fully saturated rings. The van der Waals surface area contributed by atoms with Crippen molar-refractivity contribution in [1.29, 1.82) is 0 Å². The number of carbonyl (C=O) groups excluding carboxylic acids is 1. The number of nitrogens with one attached hydrogen (secondary N) is 1. The first-order chi connectivity index (χ1) is 8.97. The molecule has 2 aromatic rings. The van der Waals surface area contributed by atoms with E-state index in [-0.39, 0.29) is 15.9 Å². The molecule has 0 aliphatic rings. The number of anilines is 1. The lowest BCUT2D eigenvalue weighted by atomic mass is 10.2. The van der Waals surface area contributed by atoms with E-state index >= 15 is 0 Å². The molecule has 1 aromatic heterocycles. The number of halogens is 4. The highest BCUT2D eigenvalue weighted by Crippen LogP contribution is 2.27. The summed E-state index contributed by atoms with van der Waals surface area (Å²) in [5.41, 5.74) is 0.761. The van der Waals surface area contributed by atoms with E-state index in [1.165, 1.54) is 6.07 Å². The lowest BCUT2D eigenvalue weighted by molar-refractivity contribution is 0.102. The summed E-state index contributed by atoms with van der Waals surface area (Å²) in [6.45, 7) is 0. The maximum Gasteiger partial charge on any atom is 0.259 e. The monoisotopic (exact) mass is 423 g/mol. The molecule has 0 aliphatic carbocycles. The van der Waals surface area contributed by atoms with Crippen molar-refractivity contribution in [3.05, 3.63) is 49.1 Å². The number of hydrogen-bond donors (Lipinski definition) is 1. The Hall–Kier alpha value is -0.690. The Labute approximate surface area is 135 Å². The predicted octanol–water partition coefficient (Wildman–Crippen LogP) is 4.56. The zero-order valence-electron chi connectivity index (χ0n) is 9.12. The Kier molecular flexibility index (Phi) is 4.78. The second-order valence-corrected chi connectivity index (χ2v) is 5.97. The van der Waals surface area contributed by atoms with Crippen LogP contribution >= 0.6 is 55.1 Å². The van der Waals surface area contributed by atoms with Gasteiger partial charge in [0.1, 0.15) is 0 Å². The minimum Gasteiger partial charge on any atom is -0.321 e. The van der Waals surface area contributed by atoms with Crippen molar-refractivity contribution in [1.82, 2.24) is 10.2 Å². The third-order valence-electron chi connectivity index (χ3n) is 2.14. The SMILES string of the molecule is O=C(Nc1cc(Br)ccc1Br)c1cc(Cl)nnc1Cl. The van der Waals surface area contributed by atoms with Gasteiger partial charge in [0.15, 0.2) is 10.3 Å². The molecule has 1 amide bonds. The molecule has 4 nitrogen and oxygen atoms in total. The topological polar surface area (TPSA) is 54.9 Å². The summed E-state index contributed by atoms with van der Waals surface area (Å²) in [5.74, 6) is -0.416. The summed E-state index contributed by atoms with van der Waals surface area (Å²) in [4.78, 5) is 12.1. The fourth-order valence-corrected chi connectivity index (χ4v) is 2.33. The van der Waals surface area contributed by atoms with Crippen LogP contribution in [0.15, 0.2) is 33.2 Å². The molecule has 0 bridgehead atoms. The molecule has 0 saturated heterocycles. The molecule has 19 heavy (non-hydrogen) atoms. The summed E-state index contributed by atoms with van der Waals surface area (Å²) < 4.78 is 1.58. The van der Waals surface area contributed by atoms with Crippen LogP contribution in [-0.4, -0.2) is 16.1 Å². The van der Waals surface area contributed by atoms with Gasteiger partial charge in [-0.3, -0.25) is 4.79 Å². The summed E-state index contributed by atoms with van der Waals surface area (Å²) in [5, 5.41) is 9.93. The van der Waals surface area contributed by atoms with E-state index in [9.17, 15) is 4.79 Å². The highest BCUT2D eigenvalue weighted by atomic mass is 79.9. The summed E-state index contributed by atoms with van der Waals surface area (Å²) in [7, 11) is 0. The van der Waals surface area contributed by atoms with Gasteiger partial charge in [-0.1, -0.05) is 39.1 Å². The number of nitrogens with zero attached hydrogens (tertiary/aromatic N) is 2. The second kappa shape index (κ2) is 6.17. The predicted molar refractivity (Wildman–Crippen MR) is 81.8 cm³/mol. The van der Waals surface area contributed by atoms with Crippen LogP contribution in [0.3, 0.4) is 0 Å². The van der Waals surface area contributed by atoms with Crippen molar-refractivity contribution >= 4 is 66.7 Å². The van der Waals surface area contributed by atoms with Crippen molar-refractivity contribution in [3.8, 4) is 0 Å². The molecule has 1 heterocycles. The third kappa shape index (κ3) is 3.66. The number of aromatic nitrogens is 2. The van der Waals surface area contributed by atoms with Crippen LogP contribution in [0, 0.1) is 0 Å². The van der Waals surface area contributed by atoms with Gasteiger partial charge in [-0.15, -0.1) is 10.2 Å². The molecular formula is C11H5Br2Cl2N3O. The van der Waals surface area contributed by atoms with Gasteiger partial charge in [-0.2, -0.15) is 0 Å². The Morgan fingerprint density at radius 3 is 2.63 bits per heavy atom. The second-order valence-electron chi connectivity index (χ2n) is 3.45. The molecule has 8 heteroatoms. The van der Waals surface area contributed by atoms with Crippen molar-refractivity contribution in [3.63, 3.8) is 0 Å². The largest absolute Gasteiger partial charge is 0.321 e. The number of amides is 1. The Morgan fingerprint density at radius 1 is 1.16 bits per heavy atom. The molecule has 2 rings (SSSR count). The van der Waals surface area contributed by atoms with Crippen LogP contribution in [0.2, 0.25) is 10.3 Å². The van der Waals surface area contributed by atoms with E-state index in [2.05, 4.69) is 47.4 Å². The minimum atomic E-state index is -0.416. The molecule has 1 N–H and O–H groups in total. The van der Waals surface area contributed by atoms with E-state index in [0.717, 1.165) is 8.95 Å². The molecule has 0 unspecified atom stereocenters. The van der Waals surface area contributed by atoms with Gasteiger partial charge < -0.3 is 5.32 Å². The maximum absolute atomic E-state index is 12.1. The van der Waals surface area contributed by atoms with E-state index in [1.807, 2.05) is 6.07 Å². The zero-order chi connectivity index (χ0) is 14.0. The summed E-state index contributed by atoms with van der Waals surface area (Å²) in [6.07, 6.45) is 0. The molecule has 0 aliphatic heterocycles. The van der Waals surface area contributed by atoms with Crippen LogP contribution in [-0.2, 0) is 0 Å². The number of benzene rings is 1. The molecule has 0 saturated carbocycles. The Balaban J connectivity index is 2.30. The fourth-order valence-electron chi connectivity index (χ4n) is 1.30. The van der Waals surface area contributed by atoms with Gasteiger partial charge in [0.2, 0.25) is 0 Å². The molecule has 98 valence electrons. The average molecular weight is 426 g/mol. The molecule has 0 radical (unpaired) electrons. The van der Waals surface area contributed by atoms with E-state index in [0.29, 0.717) is 5.69 Å². The molecule has 0 atom stereocenters. The summed E-state index contributed by atoms with van der Waals surface area (Å²) >= 11 is 18.2. The van der Waals surface area contributed by atoms with Crippen molar-refractivity contribution in [2.24, 2.45) is 0 Å². The highest BCUT2D eigenvalue weighted by molar-refractivity contribution is 9.11. The van der Waals surface area contributed by atoms with Gasteiger partial charge in [0.05, 0.1) is 11.3 Å². The van der Waals surface area contributed by atoms with E-state index in [1.54, 1.807) is 12.1 Å². The van der Waals surface area contributed by atoms with Crippen molar-refractivity contribution in [2.45, 2.75) is 0 Å². The first-order valence-corrected chi connectivity index (χ1v) is 7.26. The quantitative estimate of drug-likeness (QED) is 0.767. The Bertz CT molecular complexity index is 652. The summed E-state index contributed by atoms with van der Waals surface area (Å²) in [6, 6.07) is 6.76. The van der Waals surface area contributed by atoms with Gasteiger partial charge >= 0.3 is 0 Å². The van der Waals surface area contributed by atoms with E-state index in [4.69, 9.17) is 23.2 Å². The molecular weight excluding hydrogens is 421 g/mol. The lowest BCUT2D eigenvalue weighted by Gasteiger charge is -2.08. The fraction of sp³-hybridized carbons (Fsp3) is 0. The number of carbonyl (C=O) groups is 1. The lowest BCUT2D eigenvalue weighted by Crippen LogP contribution is -2.14. The van der Waals surface area contributed by atoms with Gasteiger partial charge in [0.25, 0.3) is 5.91 Å². The van der Waals surface area contributed by atoms with Crippen LogP contribution < -0.4 is 5.32 Å². The smallest absolute Gasteiger partial charge is 0.259 e. The van der Waals surface area contributed by atoms with Gasteiger partial charge in [0, 0.05) is 8.95 Å². The highest BCUT2D eigenvalue weighted by Gasteiger charge is 2.14. The minimum absolute atomic E-state index is 0.00646. The molecule has 0 spiro atoms. The number of hydrogen-bond acceptors (Lipinski definition) is 3. The maximum atomic E-state index is 12.1. The third-order valence-corrected chi connectivity index (χ3v) is 3.79. The van der Waals surface area contributed by atoms with E-state index < -0.39 is 5.91 Å². The number of rotatable bonds is 2. The molecule has 1 aromatic carbocycles. The first-order valence-electron chi connectivity index (χ1n) is 4.92. The van der Waals surface area contributed by atoms with Crippen LogP contribution in [0.4, 0.5) is 5.69 Å². The normalized spacial score (nSPS) is 10.3. The van der Waals surface area contributed by atoms with Crippen molar-refractivity contribution < 1.29 is 4.79 Å². The average Bonchev–Trinajstić information content (AvgIpc) is 2.36. The zero-order valence-corrected chi connectivity index (χ0v) is 13.8. The van der Waals surface area contributed by atoms with Gasteiger partial charge in [-0.05, 0) is 40.2 Å². The van der Waals surface area contributed by atoms with Crippen LogP contribution in [0.25, 0.3) is 0 Å². The van der Waals surface area contributed by atoms with Crippen molar-refractivity contribution in [2.75, 3.05) is 5.32 Å². The Morgan fingerprint density at radius 2 is 1.89 bits per heavy atom. The van der Waals surface area contributed by atoms with Gasteiger partial charge in [-0.25, -0.2) is 0 Å². The van der Waals surface area contributed by atoms with Crippen LogP contribution in [0.1, 0.15) is 10.4 Å².